The van der Waals surface area contributed by atoms with Gasteiger partial charge in [-0.3, -0.25) is 10.2 Å². The van der Waals surface area contributed by atoms with Crippen LogP contribution in [0.1, 0.15) is 26.3 Å². The predicted molar refractivity (Wildman–Crippen MR) is 119 cm³/mol. The first-order valence-electron chi connectivity index (χ1n) is 8.12. The number of carboxylic acid groups (broad SMARTS) is 1. The molecule has 0 aliphatic rings. The van der Waals surface area contributed by atoms with Crippen LogP contribution in [0.5, 0.6) is 0 Å². The van der Waals surface area contributed by atoms with Gasteiger partial charge < -0.3 is 10.4 Å². The predicted octanol–water partition coefficient (Wildman–Crippen LogP) is 6.04. The van der Waals surface area contributed by atoms with E-state index in [9.17, 15) is 14.7 Å². The van der Waals surface area contributed by atoms with Gasteiger partial charge in [-0.05, 0) is 42.3 Å². The fourth-order valence-corrected chi connectivity index (χ4v) is 4.03. The Bertz CT molecular complexity index is 1130. The molecule has 0 radical (unpaired) electrons. The quantitative estimate of drug-likeness (QED) is 0.386. The van der Waals surface area contributed by atoms with Gasteiger partial charge in [0.15, 0.2) is 0 Å². The molecular weight excluding hydrogens is 453 g/mol. The molecular formula is C19H13Cl2N3O3S2. The van der Waals surface area contributed by atoms with Gasteiger partial charge in [0.05, 0.1) is 38.7 Å². The third-order valence-corrected chi connectivity index (χ3v) is 5.96. The lowest BCUT2D eigenvalue weighted by atomic mass is 10.1. The summed E-state index contributed by atoms with van der Waals surface area (Å²) in [5, 5.41) is 14.6. The molecule has 0 fully saturated rings. The van der Waals surface area contributed by atoms with Gasteiger partial charge in [-0.15, -0.1) is 15.8 Å². The van der Waals surface area contributed by atoms with E-state index in [4.69, 9.17) is 23.2 Å². The smallest absolute Gasteiger partial charge is 0.339 e. The molecule has 6 nitrogen and oxygen atoms in total. The lowest BCUT2D eigenvalue weighted by Gasteiger charge is -2.09. The molecule has 0 saturated heterocycles. The van der Waals surface area contributed by atoms with E-state index in [-0.39, 0.29) is 11.3 Å². The largest absolute Gasteiger partial charge is 0.478 e. The van der Waals surface area contributed by atoms with Crippen LogP contribution in [0, 0.1) is 6.92 Å². The van der Waals surface area contributed by atoms with Crippen LogP contribution in [0.4, 0.5) is 11.4 Å². The zero-order chi connectivity index (χ0) is 21.1. The summed E-state index contributed by atoms with van der Waals surface area (Å²) in [6.45, 7) is 1.84. The standard InChI is InChI=1S/C19H13Cl2N3O3S2/c1-9-2-3-11(7-14(9)23-24-28)18(25)22-15-8-29-17(16(15)19(26)27)10-4-5-12(20)13(21)6-10/h2-8H,1H3,(H,22,25)(H,23,28)(H,26,27). The molecule has 148 valence electrons. The van der Waals surface area contributed by atoms with Crippen molar-refractivity contribution in [1.82, 2.24) is 0 Å². The van der Waals surface area contributed by atoms with Crippen molar-refractivity contribution in [1.29, 1.82) is 0 Å². The lowest BCUT2D eigenvalue weighted by molar-refractivity contribution is 0.0699. The SMILES string of the molecule is Cc1ccc(C(=O)Nc2csc(-c3ccc(Cl)c(Cl)c3)c2C(=O)O)cc1NN=S. The van der Waals surface area contributed by atoms with Gasteiger partial charge in [0.1, 0.15) is 5.56 Å². The van der Waals surface area contributed by atoms with Crippen molar-refractivity contribution in [3.05, 3.63) is 68.5 Å². The maximum atomic E-state index is 12.7. The Hall–Kier alpha value is -2.52. The van der Waals surface area contributed by atoms with Crippen LogP contribution in [0.15, 0.2) is 46.2 Å². The molecule has 3 aromatic rings. The summed E-state index contributed by atoms with van der Waals surface area (Å²) < 4.78 is 3.44. The number of nitrogens with zero attached hydrogens (tertiary/aromatic N) is 1. The van der Waals surface area contributed by atoms with Crippen LogP contribution in [-0.4, -0.2) is 17.0 Å². The topological polar surface area (TPSA) is 90.8 Å². The molecule has 10 heteroatoms. The maximum Gasteiger partial charge on any atom is 0.339 e. The summed E-state index contributed by atoms with van der Waals surface area (Å²) in [5.41, 5.74) is 5.19. The second-order valence-corrected chi connectivity index (χ2v) is 7.85. The van der Waals surface area contributed by atoms with Crippen LogP contribution < -0.4 is 10.7 Å². The minimum absolute atomic E-state index is 0.0206. The zero-order valence-electron chi connectivity index (χ0n) is 14.8. The van der Waals surface area contributed by atoms with Crippen molar-refractivity contribution < 1.29 is 14.7 Å². The summed E-state index contributed by atoms with van der Waals surface area (Å²) in [4.78, 5) is 25.0. The van der Waals surface area contributed by atoms with Crippen molar-refractivity contribution in [2.75, 3.05) is 10.7 Å². The third kappa shape index (κ3) is 4.56. The molecule has 0 aliphatic carbocycles. The van der Waals surface area contributed by atoms with E-state index in [1.807, 2.05) is 6.92 Å². The van der Waals surface area contributed by atoms with E-state index in [0.717, 1.165) is 5.56 Å². The van der Waals surface area contributed by atoms with E-state index < -0.39 is 11.9 Å². The van der Waals surface area contributed by atoms with E-state index in [2.05, 4.69) is 27.6 Å². The summed E-state index contributed by atoms with van der Waals surface area (Å²) in [6, 6.07) is 9.82. The number of carbonyl (C=O) groups excluding carboxylic acids is 1. The number of thiophene rings is 1. The number of carbonyl (C=O) groups is 2. The minimum atomic E-state index is -1.17. The fourth-order valence-electron chi connectivity index (χ4n) is 2.64. The van der Waals surface area contributed by atoms with E-state index in [1.165, 1.54) is 11.3 Å². The van der Waals surface area contributed by atoms with E-state index in [0.29, 0.717) is 31.7 Å². The first-order chi connectivity index (χ1) is 13.8. The zero-order valence-corrected chi connectivity index (χ0v) is 18.0. The highest BCUT2D eigenvalue weighted by atomic mass is 35.5. The molecule has 0 spiro atoms. The molecule has 29 heavy (non-hydrogen) atoms. The Morgan fingerprint density at radius 3 is 2.52 bits per heavy atom. The number of rotatable bonds is 6. The summed E-state index contributed by atoms with van der Waals surface area (Å²) in [5.74, 6) is -1.63. The Morgan fingerprint density at radius 1 is 1.10 bits per heavy atom. The number of hydrogen-bond acceptors (Lipinski definition) is 5. The molecule has 1 heterocycles. The van der Waals surface area contributed by atoms with Crippen molar-refractivity contribution in [3.8, 4) is 10.4 Å². The van der Waals surface area contributed by atoms with Crippen LogP contribution >= 0.6 is 34.5 Å². The molecule has 3 N–H and O–H groups in total. The Morgan fingerprint density at radius 2 is 1.86 bits per heavy atom. The highest BCUT2D eigenvalue weighted by Crippen LogP contribution is 2.38. The van der Waals surface area contributed by atoms with Gasteiger partial charge in [0.2, 0.25) is 0 Å². The van der Waals surface area contributed by atoms with Crippen molar-refractivity contribution in [3.63, 3.8) is 0 Å². The summed E-state index contributed by atoms with van der Waals surface area (Å²) in [6.07, 6.45) is 0. The van der Waals surface area contributed by atoms with Crippen LogP contribution in [0.25, 0.3) is 10.4 Å². The van der Waals surface area contributed by atoms with Gasteiger partial charge in [-0.2, -0.15) is 0 Å². The molecule has 0 atom stereocenters. The molecule has 3 rings (SSSR count). The summed E-state index contributed by atoms with van der Waals surface area (Å²) in [7, 11) is 0. The van der Waals surface area contributed by atoms with E-state index in [1.54, 1.807) is 41.8 Å². The normalized spacial score (nSPS) is 10.4. The number of halogens is 2. The number of carboxylic acids is 1. The maximum absolute atomic E-state index is 12.7. The van der Waals surface area contributed by atoms with Crippen LogP contribution in [0.3, 0.4) is 0 Å². The molecule has 0 aliphatic heterocycles. The van der Waals surface area contributed by atoms with Gasteiger partial charge in [0, 0.05) is 10.9 Å². The Labute approximate surface area is 185 Å². The molecule has 0 saturated carbocycles. The third-order valence-electron chi connectivity index (χ3n) is 4.10. The number of aromatic carboxylic acids is 1. The minimum Gasteiger partial charge on any atom is -0.478 e. The Kier molecular flexibility index (Phi) is 6.49. The summed E-state index contributed by atoms with van der Waals surface area (Å²) >= 11 is 17.7. The highest BCUT2D eigenvalue weighted by Gasteiger charge is 2.22. The van der Waals surface area contributed by atoms with Gasteiger partial charge in [0.25, 0.3) is 5.91 Å². The number of hydrogen-bond donors (Lipinski definition) is 3. The molecule has 0 unspecified atom stereocenters. The Balaban J connectivity index is 1.95. The fraction of sp³-hybridized carbons (Fsp3) is 0.0526. The first-order valence-corrected chi connectivity index (χ1v) is 10.1. The van der Waals surface area contributed by atoms with Gasteiger partial charge >= 0.3 is 5.97 Å². The molecule has 1 aromatic heterocycles. The lowest BCUT2D eigenvalue weighted by Crippen LogP contribution is -2.14. The van der Waals surface area contributed by atoms with Crippen molar-refractivity contribution >= 4 is 70.2 Å². The van der Waals surface area contributed by atoms with Gasteiger partial charge in [-0.1, -0.05) is 35.3 Å². The van der Waals surface area contributed by atoms with E-state index >= 15 is 0 Å². The van der Waals surface area contributed by atoms with Crippen molar-refractivity contribution in [2.45, 2.75) is 6.92 Å². The number of aryl methyl sites for hydroxylation is 1. The highest BCUT2D eigenvalue weighted by molar-refractivity contribution is 7.47. The average molecular weight is 466 g/mol. The first kappa shape index (κ1) is 21.2. The van der Waals surface area contributed by atoms with Gasteiger partial charge in [-0.25, -0.2) is 4.79 Å². The van der Waals surface area contributed by atoms with Crippen molar-refractivity contribution in [2.24, 2.45) is 4.47 Å². The van der Waals surface area contributed by atoms with Crippen LogP contribution in [0.2, 0.25) is 10.0 Å². The molecule has 2 aromatic carbocycles. The number of nitrogens with one attached hydrogen (secondary N) is 2. The second-order valence-electron chi connectivity index (χ2n) is 5.97. The molecule has 1 amide bonds. The average Bonchev–Trinajstić information content (AvgIpc) is 3.09. The molecule has 0 bridgehead atoms. The number of benzene rings is 2. The number of amides is 1. The second kappa shape index (κ2) is 8.87. The van der Waals surface area contributed by atoms with Crippen LogP contribution in [-0.2, 0) is 12.4 Å². The monoisotopic (exact) mass is 465 g/mol. The number of anilines is 2.